The highest BCUT2D eigenvalue weighted by Gasteiger charge is 2.21. The number of primary sulfonamides is 1. The van der Waals surface area contributed by atoms with E-state index in [9.17, 15) is 12.8 Å². The van der Waals surface area contributed by atoms with Crippen molar-refractivity contribution in [1.82, 2.24) is 9.88 Å². The van der Waals surface area contributed by atoms with Gasteiger partial charge >= 0.3 is 0 Å². The molecule has 0 radical (unpaired) electrons. The molecular formula is C27H24ClFN4O2S2. The van der Waals surface area contributed by atoms with Crippen LogP contribution < -0.4 is 10.0 Å². The van der Waals surface area contributed by atoms with Gasteiger partial charge in [0, 0.05) is 36.2 Å². The third-order valence-corrected chi connectivity index (χ3v) is 7.26. The van der Waals surface area contributed by atoms with Gasteiger partial charge in [-0.15, -0.1) is 0 Å². The van der Waals surface area contributed by atoms with Gasteiger partial charge in [0.05, 0.1) is 11.4 Å². The number of hydrogen-bond acceptors (Lipinski definition) is 4. The van der Waals surface area contributed by atoms with Crippen molar-refractivity contribution in [2.24, 2.45) is 5.14 Å². The van der Waals surface area contributed by atoms with Gasteiger partial charge in [0.2, 0.25) is 10.0 Å². The fraction of sp³-hybridized carbons (Fsp3) is 0.111. The van der Waals surface area contributed by atoms with Crippen LogP contribution in [0.4, 0.5) is 10.1 Å². The highest BCUT2D eigenvalue weighted by Crippen LogP contribution is 2.24. The summed E-state index contributed by atoms with van der Waals surface area (Å²) in [6, 6.07) is 23.7. The number of nitrogens with zero attached hydrogens (tertiary/aromatic N) is 3. The molecule has 190 valence electrons. The molecule has 4 aromatic rings. The lowest BCUT2D eigenvalue weighted by Gasteiger charge is -2.34. The number of hydrogen-bond donors (Lipinski definition) is 1. The summed E-state index contributed by atoms with van der Waals surface area (Å²) in [4.78, 5) is 7.99. The Bertz CT molecular complexity index is 1470. The van der Waals surface area contributed by atoms with Crippen molar-refractivity contribution < 1.29 is 12.8 Å². The third kappa shape index (κ3) is 7.33. The lowest BCUT2D eigenvalue weighted by molar-refractivity contribution is 0.405. The first-order chi connectivity index (χ1) is 17.7. The molecule has 0 aliphatic rings. The molecule has 2 N–H and O–H groups in total. The van der Waals surface area contributed by atoms with Crippen LogP contribution in [0.15, 0.2) is 102 Å². The normalized spacial score (nSPS) is 11.2. The Morgan fingerprint density at radius 3 is 2.11 bits per heavy atom. The summed E-state index contributed by atoms with van der Waals surface area (Å²) in [6.07, 6.45) is 3.44. The molecule has 0 atom stereocenters. The Hall–Kier alpha value is -3.37. The van der Waals surface area contributed by atoms with Crippen molar-refractivity contribution in [1.29, 1.82) is 0 Å². The molecule has 0 saturated carbocycles. The highest BCUT2D eigenvalue weighted by atomic mass is 35.5. The van der Waals surface area contributed by atoms with E-state index < -0.39 is 10.0 Å². The number of halogens is 2. The van der Waals surface area contributed by atoms with Crippen LogP contribution in [0.5, 0.6) is 0 Å². The summed E-state index contributed by atoms with van der Waals surface area (Å²) < 4.78 is 37.2. The zero-order valence-corrected chi connectivity index (χ0v) is 22.1. The standard InChI is InChI=1S/C27H24ClFN4O2S2/c28-23-3-1-2-22(16-23)18-32(17-21-12-14-31-15-13-21)27(36)33(19-20-4-6-24(29)7-5-20)25-8-10-26(11-9-25)37(30,34)35/h1-16H,17-19H2,(H2,30,34,35). The molecule has 0 spiro atoms. The minimum Gasteiger partial charge on any atom is -0.340 e. The predicted octanol–water partition coefficient (Wildman–Crippen LogP) is 5.52. The van der Waals surface area contributed by atoms with Gasteiger partial charge < -0.3 is 9.80 Å². The van der Waals surface area contributed by atoms with Gasteiger partial charge in [-0.3, -0.25) is 4.98 Å². The monoisotopic (exact) mass is 554 g/mol. The van der Waals surface area contributed by atoms with E-state index in [-0.39, 0.29) is 10.7 Å². The number of aromatic nitrogens is 1. The van der Waals surface area contributed by atoms with E-state index in [1.807, 2.05) is 46.2 Å². The topological polar surface area (TPSA) is 79.5 Å². The Labute approximate surface area is 226 Å². The summed E-state index contributed by atoms with van der Waals surface area (Å²) in [5.74, 6) is -0.337. The first-order valence-electron chi connectivity index (χ1n) is 11.3. The number of benzene rings is 3. The van der Waals surface area contributed by atoms with Crippen LogP contribution in [0, 0.1) is 5.82 Å². The summed E-state index contributed by atoms with van der Waals surface area (Å²) >= 11 is 12.3. The third-order valence-electron chi connectivity index (χ3n) is 5.62. The Morgan fingerprint density at radius 2 is 1.49 bits per heavy atom. The maximum absolute atomic E-state index is 13.6. The molecule has 4 rings (SSSR count). The molecular weight excluding hydrogens is 531 g/mol. The van der Waals surface area contributed by atoms with Crippen LogP contribution >= 0.6 is 23.8 Å². The second kappa shape index (κ2) is 11.8. The molecule has 0 fully saturated rings. The van der Waals surface area contributed by atoms with Crippen molar-refractivity contribution >= 4 is 44.6 Å². The number of anilines is 1. The summed E-state index contributed by atoms with van der Waals surface area (Å²) in [7, 11) is -3.85. The zero-order chi connectivity index (χ0) is 26.4. The van der Waals surface area contributed by atoms with Crippen LogP contribution in [-0.2, 0) is 29.7 Å². The summed E-state index contributed by atoms with van der Waals surface area (Å²) in [6.45, 7) is 1.29. The molecule has 3 aromatic carbocycles. The van der Waals surface area contributed by atoms with E-state index in [2.05, 4.69) is 4.98 Å². The maximum Gasteiger partial charge on any atom is 0.238 e. The second-order valence-electron chi connectivity index (χ2n) is 8.38. The minimum atomic E-state index is -3.85. The summed E-state index contributed by atoms with van der Waals surface area (Å²) in [5.41, 5.74) is 3.46. The average molecular weight is 555 g/mol. The number of rotatable bonds is 8. The maximum atomic E-state index is 13.6. The molecule has 0 aliphatic carbocycles. The minimum absolute atomic E-state index is 0.00327. The van der Waals surface area contributed by atoms with Crippen molar-refractivity contribution in [3.63, 3.8) is 0 Å². The first kappa shape index (κ1) is 26.7. The molecule has 0 amide bonds. The van der Waals surface area contributed by atoms with E-state index in [1.165, 1.54) is 24.3 Å². The molecule has 6 nitrogen and oxygen atoms in total. The molecule has 0 saturated heterocycles. The van der Waals surface area contributed by atoms with Crippen molar-refractivity contribution in [2.75, 3.05) is 4.90 Å². The van der Waals surface area contributed by atoms with Crippen LogP contribution in [-0.4, -0.2) is 23.4 Å². The first-order valence-corrected chi connectivity index (χ1v) is 13.6. The van der Waals surface area contributed by atoms with Crippen LogP contribution in [0.2, 0.25) is 5.02 Å². The number of thiocarbonyl (C=S) groups is 1. The number of sulfonamides is 1. The SMILES string of the molecule is NS(=O)(=O)c1ccc(N(Cc2ccc(F)cc2)C(=S)N(Cc2ccncc2)Cc2cccc(Cl)c2)cc1. The lowest BCUT2D eigenvalue weighted by Crippen LogP contribution is -2.42. The lowest BCUT2D eigenvalue weighted by atomic mass is 10.1. The Balaban J connectivity index is 1.72. The van der Waals surface area contributed by atoms with E-state index >= 15 is 0 Å². The van der Waals surface area contributed by atoms with Crippen LogP contribution in [0.1, 0.15) is 16.7 Å². The molecule has 0 aliphatic heterocycles. The molecule has 10 heteroatoms. The average Bonchev–Trinajstić information content (AvgIpc) is 2.88. The Kier molecular flexibility index (Phi) is 8.50. The van der Waals surface area contributed by atoms with E-state index in [0.29, 0.717) is 35.5 Å². The fourth-order valence-corrected chi connectivity index (χ4v) is 4.81. The highest BCUT2D eigenvalue weighted by molar-refractivity contribution is 7.89. The number of nitrogens with two attached hydrogens (primary N) is 1. The van der Waals surface area contributed by atoms with Crippen LogP contribution in [0.25, 0.3) is 0 Å². The molecule has 0 bridgehead atoms. The fourth-order valence-electron chi connectivity index (χ4n) is 3.78. The quantitative estimate of drug-likeness (QED) is 0.289. The number of pyridine rings is 1. The Morgan fingerprint density at radius 1 is 0.865 bits per heavy atom. The molecule has 37 heavy (non-hydrogen) atoms. The largest absolute Gasteiger partial charge is 0.340 e. The summed E-state index contributed by atoms with van der Waals surface area (Å²) in [5, 5.41) is 6.40. The van der Waals surface area contributed by atoms with Gasteiger partial charge in [-0.2, -0.15) is 0 Å². The van der Waals surface area contributed by atoms with Crippen molar-refractivity contribution in [2.45, 2.75) is 24.5 Å². The van der Waals surface area contributed by atoms with E-state index in [0.717, 1.165) is 16.7 Å². The van der Waals surface area contributed by atoms with Gasteiger partial charge in [-0.1, -0.05) is 35.9 Å². The van der Waals surface area contributed by atoms with E-state index in [1.54, 1.807) is 36.7 Å². The van der Waals surface area contributed by atoms with E-state index in [4.69, 9.17) is 29.0 Å². The van der Waals surface area contributed by atoms with Gasteiger partial charge in [-0.25, -0.2) is 17.9 Å². The van der Waals surface area contributed by atoms with Crippen molar-refractivity contribution in [3.8, 4) is 0 Å². The van der Waals surface area contributed by atoms with Gasteiger partial charge in [-0.05, 0) is 89.6 Å². The van der Waals surface area contributed by atoms with Gasteiger partial charge in [0.25, 0.3) is 0 Å². The smallest absolute Gasteiger partial charge is 0.238 e. The van der Waals surface area contributed by atoms with Crippen LogP contribution in [0.3, 0.4) is 0 Å². The predicted molar refractivity (Wildman–Crippen MR) is 148 cm³/mol. The van der Waals surface area contributed by atoms with Crippen molar-refractivity contribution in [3.05, 3.63) is 125 Å². The molecule has 1 aromatic heterocycles. The van der Waals surface area contributed by atoms with Gasteiger partial charge in [0.1, 0.15) is 5.82 Å². The second-order valence-corrected chi connectivity index (χ2v) is 10.7. The molecule has 1 heterocycles. The van der Waals surface area contributed by atoms with Gasteiger partial charge in [0.15, 0.2) is 5.11 Å². The molecule has 0 unspecified atom stereocenters. The zero-order valence-electron chi connectivity index (χ0n) is 19.7.